The largest absolute Gasteiger partial charge is 0.496 e. The van der Waals surface area contributed by atoms with Crippen LogP contribution in [0.15, 0.2) is 48.5 Å². The Morgan fingerprint density at radius 1 is 0.935 bits per heavy atom. The average molecular weight is 424 g/mol. The van der Waals surface area contributed by atoms with Crippen molar-refractivity contribution in [3.05, 3.63) is 54.1 Å². The third kappa shape index (κ3) is 5.57. The summed E-state index contributed by atoms with van der Waals surface area (Å²) in [5.74, 6) is 1.50. The normalized spacial score (nSPS) is 14.4. The maximum absolute atomic E-state index is 12.7. The number of hydrogen-bond acceptors (Lipinski definition) is 5. The number of methoxy groups -OCH3 is 3. The third-order valence-electron chi connectivity index (χ3n) is 5.36. The van der Waals surface area contributed by atoms with Crippen molar-refractivity contribution < 1.29 is 23.8 Å². The molecule has 3 rings (SSSR count). The summed E-state index contributed by atoms with van der Waals surface area (Å²) in [7, 11) is 4.67. The Morgan fingerprint density at radius 3 is 2.16 bits per heavy atom. The zero-order valence-corrected chi connectivity index (χ0v) is 18.1. The number of nitrogens with zero attached hydrogens (tertiary/aromatic N) is 1. The molecule has 164 valence electrons. The molecule has 2 aromatic carbocycles. The van der Waals surface area contributed by atoms with Crippen LogP contribution in [0, 0.1) is 5.92 Å². The summed E-state index contributed by atoms with van der Waals surface area (Å²) in [6.07, 6.45) is 4.50. The molecular formula is C24H28N2O5. The van der Waals surface area contributed by atoms with Gasteiger partial charge in [0.15, 0.2) is 11.5 Å². The van der Waals surface area contributed by atoms with Gasteiger partial charge in [0.25, 0.3) is 0 Å². The van der Waals surface area contributed by atoms with Gasteiger partial charge >= 0.3 is 0 Å². The highest BCUT2D eigenvalue weighted by molar-refractivity contribution is 5.94. The zero-order valence-electron chi connectivity index (χ0n) is 18.1. The van der Waals surface area contributed by atoms with Gasteiger partial charge in [0.2, 0.25) is 11.8 Å². The SMILES string of the molecule is COc1cc(OC)c(OC)cc1/C=C/C(=O)N1CCC(C(=O)Nc2ccccc2)CC1. The first-order valence-corrected chi connectivity index (χ1v) is 10.2. The highest BCUT2D eigenvalue weighted by atomic mass is 16.5. The predicted octanol–water partition coefficient (Wildman–Crippen LogP) is 3.60. The molecule has 7 nitrogen and oxygen atoms in total. The van der Waals surface area contributed by atoms with E-state index in [1.54, 1.807) is 44.4 Å². The molecule has 0 aliphatic carbocycles. The lowest BCUT2D eigenvalue weighted by molar-refractivity contribution is -0.130. The van der Waals surface area contributed by atoms with Crippen LogP contribution in [0.4, 0.5) is 5.69 Å². The highest BCUT2D eigenvalue weighted by Gasteiger charge is 2.26. The van der Waals surface area contributed by atoms with Crippen LogP contribution in [0.5, 0.6) is 17.2 Å². The molecule has 0 atom stereocenters. The van der Waals surface area contributed by atoms with Gasteiger partial charge in [-0.05, 0) is 37.1 Å². The fourth-order valence-corrected chi connectivity index (χ4v) is 3.58. The van der Waals surface area contributed by atoms with Crippen LogP contribution < -0.4 is 19.5 Å². The molecule has 1 N–H and O–H groups in total. The van der Waals surface area contributed by atoms with E-state index in [2.05, 4.69) is 5.32 Å². The molecule has 0 bridgehead atoms. The van der Waals surface area contributed by atoms with E-state index in [4.69, 9.17) is 14.2 Å². The number of carbonyl (C=O) groups is 2. The van der Waals surface area contributed by atoms with Crippen LogP contribution in [0.1, 0.15) is 18.4 Å². The van der Waals surface area contributed by atoms with Gasteiger partial charge in [-0.3, -0.25) is 9.59 Å². The van der Waals surface area contributed by atoms with Crippen molar-refractivity contribution in [2.75, 3.05) is 39.7 Å². The second-order valence-electron chi connectivity index (χ2n) is 7.24. The van der Waals surface area contributed by atoms with E-state index in [0.717, 1.165) is 5.69 Å². The summed E-state index contributed by atoms with van der Waals surface area (Å²) < 4.78 is 16.0. The molecule has 0 aromatic heterocycles. The minimum atomic E-state index is -0.0984. The molecule has 31 heavy (non-hydrogen) atoms. The van der Waals surface area contributed by atoms with Gasteiger partial charge in [-0.15, -0.1) is 0 Å². The van der Waals surface area contributed by atoms with E-state index in [1.807, 2.05) is 30.3 Å². The van der Waals surface area contributed by atoms with Gasteiger partial charge < -0.3 is 24.4 Å². The second kappa shape index (κ2) is 10.5. The molecule has 7 heteroatoms. The number of rotatable bonds is 7. The Bertz CT molecular complexity index is 934. The predicted molar refractivity (Wildman–Crippen MR) is 120 cm³/mol. The summed E-state index contributed by atoms with van der Waals surface area (Å²) in [6.45, 7) is 1.08. The van der Waals surface area contributed by atoms with E-state index >= 15 is 0 Å². The van der Waals surface area contributed by atoms with Crippen molar-refractivity contribution in [3.8, 4) is 17.2 Å². The van der Waals surface area contributed by atoms with Crippen LogP contribution in [0.2, 0.25) is 0 Å². The Kier molecular flexibility index (Phi) is 7.54. The summed E-state index contributed by atoms with van der Waals surface area (Å²) in [5.41, 5.74) is 1.50. The number of anilines is 1. The molecule has 0 unspecified atom stereocenters. The number of para-hydroxylation sites is 1. The number of hydrogen-bond donors (Lipinski definition) is 1. The second-order valence-corrected chi connectivity index (χ2v) is 7.24. The van der Waals surface area contributed by atoms with Crippen LogP contribution >= 0.6 is 0 Å². The van der Waals surface area contributed by atoms with Gasteiger partial charge in [0.1, 0.15) is 5.75 Å². The first-order valence-electron chi connectivity index (χ1n) is 10.2. The lowest BCUT2D eigenvalue weighted by Crippen LogP contribution is -2.40. The van der Waals surface area contributed by atoms with Crippen molar-refractivity contribution in [1.29, 1.82) is 0 Å². The van der Waals surface area contributed by atoms with Gasteiger partial charge in [-0.1, -0.05) is 18.2 Å². The Hall–Kier alpha value is -3.48. The third-order valence-corrected chi connectivity index (χ3v) is 5.36. The number of piperidine rings is 1. The molecule has 0 saturated carbocycles. The topological polar surface area (TPSA) is 77.1 Å². The molecule has 1 heterocycles. The maximum atomic E-state index is 12.7. The summed E-state index contributed by atoms with van der Waals surface area (Å²) in [5, 5.41) is 2.94. The lowest BCUT2D eigenvalue weighted by Gasteiger charge is -2.30. The Balaban J connectivity index is 1.59. The molecule has 1 aliphatic heterocycles. The number of nitrogens with one attached hydrogen (secondary N) is 1. The fraction of sp³-hybridized carbons (Fsp3) is 0.333. The number of likely N-dealkylation sites (tertiary alicyclic amines) is 1. The maximum Gasteiger partial charge on any atom is 0.246 e. The molecule has 0 radical (unpaired) electrons. The minimum Gasteiger partial charge on any atom is -0.496 e. The number of benzene rings is 2. The quantitative estimate of drug-likeness (QED) is 0.687. The molecule has 1 saturated heterocycles. The van der Waals surface area contributed by atoms with Crippen LogP contribution in [-0.4, -0.2) is 51.1 Å². The smallest absolute Gasteiger partial charge is 0.246 e. The molecule has 0 spiro atoms. The zero-order chi connectivity index (χ0) is 22.2. The van der Waals surface area contributed by atoms with Crippen molar-refractivity contribution >= 4 is 23.6 Å². The standard InChI is InChI=1S/C24H28N2O5/c1-29-20-16-22(31-3)21(30-2)15-18(20)9-10-23(27)26-13-11-17(12-14-26)24(28)25-19-7-5-4-6-8-19/h4-10,15-17H,11-14H2,1-3H3,(H,25,28)/b10-9+. The number of carbonyl (C=O) groups excluding carboxylic acids is 2. The number of amides is 2. The first-order chi connectivity index (χ1) is 15.0. The van der Waals surface area contributed by atoms with Crippen LogP contribution in [0.3, 0.4) is 0 Å². The van der Waals surface area contributed by atoms with Crippen molar-refractivity contribution in [2.45, 2.75) is 12.8 Å². The van der Waals surface area contributed by atoms with Crippen LogP contribution in [0.25, 0.3) is 6.08 Å². The van der Waals surface area contributed by atoms with Gasteiger partial charge in [-0.2, -0.15) is 0 Å². The molecule has 1 fully saturated rings. The van der Waals surface area contributed by atoms with Gasteiger partial charge in [-0.25, -0.2) is 0 Å². The van der Waals surface area contributed by atoms with E-state index in [0.29, 0.717) is 48.7 Å². The first kappa shape index (κ1) is 22.2. The fourth-order valence-electron chi connectivity index (χ4n) is 3.58. The van der Waals surface area contributed by atoms with Crippen molar-refractivity contribution in [1.82, 2.24) is 4.90 Å². The monoisotopic (exact) mass is 424 g/mol. The highest BCUT2D eigenvalue weighted by Crippen LogP contribution is 2.35. The average Bonchev–Trinajstić information content (AvgIpc) is 2.82. The van der Waals surface area contributed by atoms with Crippen LogP contribution in [-0.2, 0) is 9.59 Å². The van der Waals surface area contributed by atoms with Crippen molar-refractivity contribution in [3.63, 3.8) is 0 Å². The van der Waals surface area contributed by atoms with Gasteiger partial charge in [0, 0.05) is 42.4 Å². The lowest BCUT2D eigenvalue weighted by atomic mass is 9.95. The summed E-state index contributed by atoms with van der Waals surface area (Å²) >= 11 is 0. The molecular weight excluding hydrogens is 396 g/mol. The Labute approximate surface area is 182 Å². The van der Waals surface area contributed by atoms with E-state index in [-0.39, 0.29) is 17.7 Å². The molecule has 2 aromatic rings. The molecule has 2 amide bonds. The van der Waals surface area contributed by atoms with E-state index < -0.39 is 0 Å². The number of ether oxygens (including phenoxy) is 3. The Morgan fingerprint density at radius 2 is 1.55 bits per heavy atom. The molecule has 1 aliphatic rings. The van der Waals surface area contributed by atoms with Gasteiger partial charge in [0.05, 0.1) is 21.3 Å². The summed E-state index contributed by atoms with van der Waals surface area (Å²) in [4.78, 5) is 26.9. The summed E-state index contributed by atoms with van der Waals surface area (Å²) in [6, 6.07) is 12.9. The van der Waals surface area contributed by atoms with Crippen molar-refractivity contribution in [2.24, 2.45) is 5.92 Å². The van der Waals surface area contributed by atoms with E-state index in [9.17, 15) is 9.59 Å². The van der Waals surface area contributed by atoms with E-state index in [1.165, 1.54) is 6.08 Å². The minimum absolute atomic E-state index is 0.00362.